The number of sulfone groups is 1. The Morgan fingerprint density at radius 2 is 1.78 bits per heavy atom. The van der Waals surface area contributed by atoms with Gasteiger partial charge >= 0.3 is 11.7 Å². The highest BCUT2D eigenvalue weighted by Gasteiger charge is 2.26. The van der Waals surface area contributed by atoms with Gasteiger partial charge in [-0.25, -0.2) is 13.2 Å². The van der Waals surface area contributed by atoms with E-state index in [-0.39, 0.29) is 5.56 Å². The number of nitrogens with one attached hydrogen (secondary N) is 1. The Morgan fingerprint density at radius 1 is 1.11 bits per heavy atom. The maximum Gasteiger partial charge on any atom is 0.341 e. The highest BCUT2D eigenvalue weighted by Crippen LogP contribution is 2.19. The Bertz CT molecular complexity index is 929. The van der Waals surface area contributed by atoms with Crippen LogP contribution in [0.1, 0.15) is 10.4 Å². The number of alkyl halides is 2. The van der Waals surface area contributed by atoms with Crippen LogP contribution in [-0.2, 0) is 19.4 Å². The number of carbonyl (C=O) groups excluding carboxylic acids is 2. The highest BCUT2D eigenvalue weighted by molar-refractivity contribution is 7.91. The number of halogens is 2. The van der Waals surface area contributed by atoms with Crippen LogP contribution in [0.3, 0.4) is 0 Å². The largest absolute Gasteiger partial charge is 0.497 e. The molecule has 2 aromatic carbocycles. The first-order valence-corrected chi connectivity index (χ1v) is 9.02. The molecule has 0 aliphatic rings. The van der Waals surface area contributed by atoms with Crippen LogP contribution in [0.4, 0.5) is 14.5 Å². The fourth-order valence-corrected chi connectivity index (χ4v) is 2.72. The van der Waals surface area contributed by atoms with Crippen molar-refractivity contribution in [3.63, 3.8) is 0 Å². The van der Waals surface area contributed by atoms with Crippen LogP contribution < -0.4 is 10.1 Å². The first kappa shape index (κ1) is 20.3. The number of rotatable bonds is 7. The second-order valence-corrected chi connectivity index (χ2v) is 7.10. The predicted molar refractivity (Wildman–Crippen MR) is 91.5 cm³/mol. The van der Waals surface area contributed by atoms with Gasteiger partial charge in [0.15, 0.2) is 6.61 Å². The van der Waals surface area contributed by atoms with Crippen molar-refractivity contribution in [1.82, 2.24) is 0 Å². The van der Waals surface area contributed by atoms with Crippen molar-refractivity contribution in [3.05, 3.63) is 54.1 Å². The number of hydrogen-bond donors (Lipinski definition) is 1. The summed E-state index contributed by atoms with van der Waals surface area (Å²) >= 11 is 0. The van der Waals surface area contributed by atoms with E-state index in [0.717, 1.165) is 24.3 Å². The summed E-state index contributed by atoms with van der Waals surface area (Å²) in [6.07, 6.45) is 0. The smallest absolute Gasteiger partial charge is 0.341 e. The molecule has 0 aromatic heterocycles. The molecule has 0 unspecified atom stereocenters. The van der Waals surface area contributed by atoms with E-state index in [4.69, 9.17) is 9.47 Å². The average molecular weight is 399 g/mol. The number of methoxy groups -OCH3 is 1. The van der Waals surface area contributed by atoms with E-state index in [2.05, 4.69) is 5.32 Å². The Labute approximate surface area is 153 Å². The summed E-state index contributed by atoms with van der Waals surface area (Å²) < 4.78 is 57.4. The van der Waals surface area contributed by atoms with Gasteiger partial charge in [0.1, 0.15) is 5.75 Å². The number of hydrogen-bond acceptors (Lipinski definition) is 6. The number of benzene rings is 2. The molecule has 0 saturated carbocycles. The molecular formula is C17H15F2NO6S. The number of carbonyl (C=O) groups is 2. The molecule has 144 valence electrons. The van der Waals surface area contributed by atoms with Crippen LogP contribution in [0.2, 0.25) is 0 Å². The maximum absolute atomic E-state index is 12.5. The minimum Gasteiger partial charge on any atom is -0.497 e. The van der Waals surface area contributed by atoms with Crippen molar-refractivity contribution in [1.29, 1.82) is 0 Å². The van der Waals surface area contributed by atoms with Gasteiger partial charge in [0.25, 0.3) is 5.91 Å². The number of esters is 1. The van der Waals surface area contributed by atoms with E-state index in [0.29, 0.717) is 11.4 Å². The SMILES string of the molecule is COc1cccc(NC(=O)COC(=O)c2ccc(S(=O)(=O)C(F)F)cc2)c1. The first-order valence-electron chi connectivity index (χ1n) is 7.47. The summed E-state index contributed by atoms with van der Waals surface area (Å²) in [5.41, 5.74) is 0.356. The Hall–Kier alpha value is -3.01. The van der Waals surface area contributed by atoms with Gasteiger partial charge in [-0.2, -0.15) is 8.78 Å². The molecule has 7 nitrogen and oxygen atoms in total. The summed E-state index contributed by atoms with van der Waals surface area (Å²) in [7, 11) is -3.27. The zero-order valence-electron chi connectivity index (χ0n) is 14.0. The minimum atomic E-state index is -4.75. The fourth-order valence-electron chi connectivity index (χ4n) is 2.00. The summed E-state index contributed by atoms with van der Waals surface area (Å²) in [5, 5.41) is 2.51. The maximum atomic E-state index is 12.5. The van der Waals surface area contributed by atoms with Gasteiger partial charge in [0.05, 0.1) is 17.6 Å². The average Bonchev–Trinajstić information content (AvgIpc) is 2.66. The van der Waals surface area contributed by atoms with Gasteiger partial charge < -0.3 is 14.8 Å². The molecule has 0 spiro atoms. The van der Waals surface area contributed by atoms with Crippen molar-refractivity contribution < 1.29 is 36.3 Å². The monoisotopic (exact) mass is 399 g/mol. The third-order valence-corrected chi connectivity index (χ3v) is 4.74. The molecule has 2 aromatic rings. The van der Waals surface area contributed by atoms with Crippen molar-refractivity contribution in [3.8, 4) is 5.75 Å². The molecule has 0 saturated heterocycles. The Balaban J connectivity index is 1.94. The second-order valence-electron chi connectivity index (χ2n) is 5.19. The van der Waals surface area contributed by atoms with E-state index in [1.807, 2.05) is 0 Å². The van der Waals surface area contributed by atoms with Crippen LogP contribution in [0.5, 0.6) is 5.75 Å². The lowest BCUT2D eigenvalue weighted by atomic mass is 10.2. The third-order valence-electron chi connectivity index (χ3n) is 3.34. The summed E-state index contributed by atoms with van der Waals surface area (Å²) in [6, 6.07) is 10.3. The van der Waals surface area contributed by atoms with E-state index < -0.39 is 39.0 Å². The van der Waals surface area contributed by atoms with Gasteiger partial charge in [-0.15, -0.1) is 0 Å². The standard InChI is InChI=1S/C17H15F2NO6S/c1-25-13-4-2-3-12(9-13)20-15(21)10-26-16(22)11-5-7-14(8-6-11)27(23,24)17(18)19/h2-9,17H,10H2,1H3,(H,20,21). The van der Waals surface area contributed by atoms with Gasteiger partial charge in [0, 0.05) is 11.8 Å². The van der Waals surface area contributed by atoms with Gasteiger partial charge in [0.2, 0.25) is 9.84 Å². The highest BCUT2D eigenvalue weighted by atomic mass is 32.2. The molecule has 0 radical (unpaired) electrons. The number of amides is 1. The minimum absolute atomic E-state index is 0.0857. The quantitative estimate of drug-likeness (QED) is 0.719. The molecule has 0 atom stereocenters. The Morgan fingerprint density at radius 3 is 2.37 bits per heavy atom. The molecule has 0 aliphatic carbocycles. The molecule has 27 heavy (non-hydrogen) atoms. The van der Waals surface area contributed by atoms with Crippen LogP contribution in [0.15, 0.2) is 53.4 Å². The van der Waals surface area contributed by atoms with Crippen LogP contribution in [0, 0.1) is 0 Å². The lowest BCUT2D eigenvalue weighted by molar-refractivity contribution is -0.119. The normalized spacial score (nSPS) is 11.1. The molecule has 10 heteroatoms. The van der Waals surface area contributed by atoms with Crippen molar-refractivity contribution in [2.45, 2.75) is 10.7 Å². The van der Waals surface area contributed by atoms with E-state index in [1.54, 1.807) is 24.3 Å². The topological polar surface area (TPSA) is 98.8 Å². The van der Waals surface area contributed by atoms with E-state index >= 15 is 0 Å². The molecule has 0 bridgehead atoms. The predicted octanol–water partition coefficient (Wildman–Crippen LogP) is 2.49. The zero-order valence-corrected chi connectivity index (χ0v) is 14.8. The van der Waals surface area contributed by atoms with E-state index in [1.165, 1.54) is 7.11 Å². The Kier molecular flexibility index (Phi) is 6.45. The molecule has 1 N–H and O–H groups in total. The first-order chi connectivity index (χ1) is 12.7. The molecule has 0 fully saturated rings. The fraction of sp³-hybridized carbons (Fsp3) is 0.176. The van der Waals surface area contributed by atoms with Crippen LogP contribution in [-0.4, -0.2) is 39.8 Å². The summed E-state index contributed by atoms with van der Waals surface area (Å²) in [6.45, 7) is -0.590. The number of ether oxygens (including phenoxy) is 2. The van der Waals surface area contributed by atoms with Crippen molar-refractivity contribution in [2.75, 3.05) is 19.0 Å². The summed E-state index contributed by atoms with van der Waals surface area (Å²) in [5.74, 6) is -4.54. The van der Waals surface area contributed by atoms with Gasteiger partial charge in [-0.05, 0) is 36.4 Å². The van der Waals surface area contributed by atoms with E-state index in [9.17, 15) is 26.8 Å². The van der Waals surface area contributed by atoms with Gasteiger partial charge in [-0.3, -0.25) is 4.79 Å². The van der Waals surface area contributed by atoms with Crippen LogP contribution >= 0.6 is 0 Å². The van der Waals surface area contributed by atoms with Crippen molar-refractivity contribution >= 4 is 27.4 Å². The zero-order chi connectivity index (χ0) is 20.0. The molecule has 1 amide bonds. The molecular weight excluding hydrogens is 384 g/mol. The third kappa shape index (κ3) is 5.23. The van der Waals surface area contributed by atoms with Crippen molar-refractivity contribution in [2.24, 2.45) is 0 Å². The summed E-state index contributed by atoms with van der Waals surface area (Å²) in [4.78, 5) is 23.1. The molecule has 0 aliphatic heterocycles. The lowest BCUT2D eigenvalue weighted by Crippen LogP contribution is -2.21. The second kappa shape index (κ2) is 8.58. The number of anilines is 1. The lowest BCUT2D eigenvalue weighted by Gasteiger charge is -2.08. The van der Waals surface area contributed by atoms with Gasteiger partial charge in [-0.1, -0.05) is 6.07 Å². The molecule has 2 rings (SSSR count). The molecule has 0 heterocycles. The van der Waals surface area contributed by atoms with Crippen LogP contribution in [0.25, 0.3) is 0 Å².